The number of hydrogen-bond acceptors (Lipinski definition) is 3. The van der Waals surface area contributed by atoms with Crippen molar-refractivity contribution >= 4 is 34.2 Å². The number of likely N-dealkylation sites (N-methyl/N-ethyl adjacent to an activating group) is 1. The zero-order valence-electron chi connectivity index (χ0n) is 19.4. The van der Waals surface area contributed by atoms with Gasteiger partial charge >= 0.3 is 0 Å². The van der Waals surface area contributed by atoms with Crippen molar-refractivity contribution in [2.45, 2.75) is 39.3 Å². The molecule has 1 atom stereocenters. The molecular weight excluding hydrogens is 433 g/mol. The van der Waals surface area contributed by atoms with Gasteiger partial charge in [-0.1, -0.05) is 42.5 Å². The Balaban J connectivity index is 1.47. The topological polar surface area (TPSA) is 69.7 Å². The van der Waals surface area contributed by atoms with E-state index in [2.05, 4.69) is 5.32 Å². The monoisotopic (exact) mass is 461 g/mol. The van der Waals surface area contributed by atoms with Gasteiger partial charge in [-0.3, -0.25) is 14.4 Å². The Bertz CT molecular complexity index is 1240. The molecule has 0 aliphatic carbocycles. The molecule has 7 heteroatoms. The van der Waals surface area contributed by atoms with E-state index in [9.17, 15) is 18.8 Å². The third-order valence-electron chi connectivity index (χ3n) is 6.24. The average Bonchev–Trinajstić information content (AvgIpc) is 3.11. The minimum atomic E-state index is -0.751. The molecule has 6 nitrogen and oxygen atoms in total. The summed E-state index contributed by atoms with van der Waals surface area (Å²) in [6.07, 6.45) is 0.555. The van der Waals surface area contributed by atoms with Crippen molar-refractivity contribution in [2.75, 3.05) is 18.0 Å². The lowest BCUT2D eigenvalue weighted by Crippen LogP contribution is -2.47. The van der Waals surface area contributed by atoms with Crippen molar-refractivity contribution in [1.29, 1.82) is 0 Å². The van der Waals surface area contributed by atoms with Crippen LogP contribution in [0.1, 0.15) is 42.6 Å². The van der Waals surface area contributed by atoms with Crippen LogP contribution < -0.4 is 10.2 Å². The molecule has 0 saturated heterocycles. The summed E-state index contributed by atoms with van der Waals surface area (Å²) in [5.41, 5.74) is 1.87. The molecule has 1 aliphatic rings. The second kappa shape index (κ2) is 10.0. The highest BCUT2D eigenvalue weighted by Crippen LogP contribution is 2.37. The van der Waals surface area contributed by atoms with Gasteiger partial charge in [0.2, 0.25) is 11.8 Å². The minimum absolute atomic E-state index is 0.00278. The molecule has 1 N–H and O–H groups in total. The molecule has 0 unspecified atom stereocenters. The van der Waals surface area contributed by atoms with Crippen LogP contribution in [0.25, 0.3) is 10.8 Å². The van der Waals surface area contributed by atoms with Gasteiger partial charge in [0.25, 0.3) is 5.91 Å². The highest BCUT2D eigenvalue weighted by molar-refractivity contribution is 6.25. The number of halogens is 1. The molecule has 0 bridgehead atoms. The summed E-state index contributed by atoms with van der Waals surface area (Å²) >= 11 is 0. The molecular formula is C27H28FN3O3. The highest BCUT2D eigenvalue weighted by Gasteiger charge is 2.30. The lowest BCUT2D eigenvalue weighted by atomic mass is 10.1. The fourth-order valence-electron chi connectivity index (χ4n) is 4.45. The van der Waals surface area contributed by atoms with Crippen LogP contribution in [0, 0.1) is 5.82 Å². The maximum atomic E-state index is 14.3. The quantitative estimate of drug-likeness (QED) is 0.517. The van der Waals surface area contributed by atoms with E-state index >= 15 is 0 Å². The normalized spacial score (nSPS) is 13.3. The van der Waals surface area contributed by atoms with Crippen LogP contribution in [0.15, 0.2) is 60.7 Å². The van der Waals surface area contributed by atoms with E-state index in [-0.39, 0.29) is 30.7 Å². The molecule has 0 aromatic heterocycles. The third-order valence-corrected chi connectivity index (χ3v) is 6.24. The summed E-state index contributed by atoms with van der Waals surface area (Å²) in [4.78, 5) is 41.7. The van der Waals surface area contributed by atoms with Crippen LogP contribution in [-0.4, -0.2) is 41.8 Å². The first-order valence-electron chi connectivity index (χ1n) is 11.6. The lowest BCUT2D eigenvalue weighted by molar-refractivity contribution is -0.140. The van der Waals surface area contributed by atoms with Crippen LogP contribution >= 0.6 is 0 Å². The molecule has 4 rings (SSSR count). The molecule has 1 aliphatic heterocycles. The van der Waals surface area contributed by atoms with Crippen molar-refractivity contribution in [3.63, 3.8) is 0 Å². The molecule has 0 fully saturated rings. The Morgan fingerprint density at radius 2 is 1.79 bits per heavy atom. The maximum absolute atomic E-state index is 14.3. The number of nitrogens with zero attached hydrogens (tertiary/aromatic N) is 2. The van der Waals surface area contributed by atoms with Gasteiger partial charge in [0.1, 0.15) is 11.9 Å². The van der Waals surface area contributed by atoms with Crippen LogP contribution in [0.3, 0.4) is 0 Å². The first-order chi connectivity index (χ1) is 16.4. The number of carbonyl (C=O) groups excluding carboxylic acids is 3. The SMILES string of the molecule is CCNC(=O)[C@H](C)N(Cc1ccccc1F)C(=O)CCCN1C(=O)c2cccc3cccc1c23. The summed E-state index contributed by atoms with van der Waals surface area (Å²) in [6.45, 7) is 4.26. The number of rotatable bonds is 9. The molecule has 3 amide bonds. The number of benzene rings is 3. The first kappa shape index (κ1) is 23.4. The Morgan fingerprint density at radius 1 is 1.06 bits per heavy atom. The van der Waals surface area contributed by atoms with E-state index < -0.39 is 11.9 Å². The fraction of sp³-hybridized carbons (Fsp3) is 0.296. The number of anilines is 1. The highest BCUT2D eigenvalue weighted by atomic mass is 19.1. The van der Waals surface area contributed by atoms with Gasteiger partial charge < -0.3 is 15.1 Å². The summed E-state index contributed by atoms with van der Waals surface area (Å²) in [7, 11) is 0. The summed E-state index contributed by atoms with van der Waals surface area (Å²) in [5.74, 6) is -1.04. The molecule has 176 valence electrons. The number of hydrogen-bond donors (Lipinski definition) is 1. The average molecular weight is 462 g/mol. The molecule has 0 saturated carbocycles. The second-order valence-corrected chi connectivity index (χ2v) is 8.42. The first-order valence-corrected chi connectivity index (χ1v) is 11.6. The van der Waals surface area contributed by atoms with E-state index in [4.69, 9.17) is 0 Å². The predicted octanol–water partition coefficient (Wildman–Crippen LogP) is 4.27. The molecule has 34 heavy (non-hydrogen) atoms. The van der Waals surface area contributed by atoms with Crippen LogP contribution in [0.2, 0.25) is 0 Å². The Kier molecular flexibility index (Phi) is 6.91. The summed E-state index contributed by atoms with van der Waals surface area (Å²) in [6, 6.07) is 17.0. The Labute approximate surface area is 198 Å². The van der Waals surface area contributed by atoms with Crippen LogP contribution in [0.4, 0.5) is 10.1 Å². The standard InChI is InChI=1S/C27H28FN3O3/c1-3-29-26(33)18(2)31(17-20-9-4-5-13-22(20)28)24(32)15-8-16-30-23-14-7-11-19-10-6-12-21(25(19)23)27(30)34/h4-7,9-14,18H,3,8,15-17H2,1-2H3,(H,29,33)/t18-/m0/s1. The van der Waals surface area contributed by atoms with E-state index in [1.54, 1.807) is 36.9 Å². The largest absolute Gasteiger partial charge is 0.355 e. The summed E-state index contributed by atoms with van der Waals surface area (Å²) in [5, 5.41) is 4.68. The van der Waals surface area contributed by atoms with E-state index in [1.807, 2.05) is 36.4 Å². The fourth-order valence-corrected chi connectivity index (χ4v) is 4.45. The van der Waals surface area contributed by atoms with Gasteiger partial charge in [-0.05, 0) is 43.9 Å². The molecule has 0 radical (unpaired) electrons. The molecule has 1 heterocycles. The van der Waals surface area contributed by atoms with Crippen LogP contribution in [0.5, 0.6) is 0 Å². The van der Waals surface area contributed by atoms with Crippen molar-refractivity contribution in [2.24, 2.45) is 0 Å². The van der Waals surface area contributed by atoms with Crippen LogP contribution in [-0.2, 0) is 16.1 Å². The van der Waals surface area contributed by atoms with E-state index in [0.29, 0.717) is 30.6 Å². The third kappa shape index (κ3) is 4.51. The van der Waals surface area contributed by atoms with Gasteiger partial charge in [-0.2, -0.15) is 0 Å². The van der Waals surface area contributed by atoms with Crippen molar-refractivity contribution in [3.05, 3.63) is 77.6 Å². The zero-order chi connectivity index (χ0) is 24.2. The summed E-state index contributed by atoms with van der Waals surface area (Å²) < 4.78 is 14.3. The van der Waals surface area contributed by atoms with Gasteiger partial charge in [0, 0.05) is 42.6 Å². The maximum Gasteiger partial charge on any atom is 0.258 e. The Hall–Kier alpha value is -3.74. The van der Waals surface area contributed by atoms with Crippen molar-refractivity contribution in [1.82, 2.24) is 10.2 Å². The number of amides is 3. The van der Waals surface area contributed by atoms with Gasteiger partial charge in [0.15, 0.2) is 0 Å². The predicted molar refractivity (Wildman–Crippen MR) is 130 cm³/mol. The number of carbonyl (C=O) groups is 3. The van der Waals surface area contributed by atoms with Gasteiger partial charge in [-0.15, -0.1) is 0 Å². The smallest absolute Gasteiger partial charge is 0.258 e. The van der Waals surface area contributed by atoms with Crippen molar-refractivity contribution < 1.29 is 18.8 Å². The lowest BCUT2D eigenvalue weighted by Gasteiger charge is -2.29. The van der Waals surface area contributed by atoms with E-state index in [0.717, 1.165) is 16.5 Å². The molecule has 0 spiro atoms. The molecule has 3 aromatic carbocycles. The minimum Gasteiger partial charge on any atom is -0.355 e. The van der Waals surface area contributed by atoms with Gasteiger partial charge in [-0.25, -0.2) is 4.39 Å². The number of nitrogens with one attached hydrogen (secondary N) is 1. The van der Waals surface area contributed by atoms with Gasteiger partial charge in [0.05, 0.1) is 5.69 Å². The van der Waals surface area contributed by atoms with E-state index in [1.165, 1.54) is 11.0 Å². The second-order valence-electron chi connectivity index (χ2n) is 8.42. The van der Waals surface area contributed by atoms with Crippen molar-refractivity contribution in [3.8, 4) is 0 Å². The Morgan fingerprint density at radius 3 is 2.53 bits per heavy atom. The molecule has 3 aromatic rings. The zero-order valence-corrected chi connectivity index (χ0v) is 19.4.